The van der Waals surface area contributed by atoms with Gasteiger partial charge in [-0.3, -0.25) is 24.1 Å². The molecular weight excluding hydrogens is 586 g/mol. The summed E-state index contributed by atoms with van der Waals surface area (Å²) in [5.41, 5.74) is 3.01. The minimum atomic E-state index is -0.679. The van der Waals surface area contributed by atoms with E-state index in [-0.39, 0.29) is 41.3 Å². The van der Waals surface area contributed by atoms with Crippen LogP contribution in [0, 0.1) is 17.8 Å². The average Bonchev–Trinajstić information content (AvgIpc) is 3.18. The molecule has 4 atom stereocenters. The summed E-state index contributed by atoms with van der Waals surface area (Å²) in [6.07, 6.45) is 3.84. The topological polar surface area (TPSA) is 101 Å². The number of carbonyl (C=O) groups is 4. The number of phenols is 1. The fraction of sp³-hybridized carbons (Fsp3) is 0.267. The lowest BCUT2D eigenvalue weighted by Gasteiger charge is -2.42. The molecule has 2 aromatic rings. The van der Waals surface area contributed by atoms with E-state index in [1.54, 1.807) is 43.3 Å². The molecule has 1 fully saturated rings. The molecule has 2 aromatic carbocycles. The van der Waals surface area contributed by atoms with Crippen molar-refractivity contribution in [3.05, 3.63) is 85.9 Å². The van der Waals surface area contributed by atoms with Crippen molar-refractivity contribution in [1.82, 2.24) is 0 Å². The number of aromatic hydroxyl groups is 1. The molecule has 1 saturated heterocycles. The highest BCUT2D eigenvalue weighted by Crippen LogP contribution is 2.56. The molecule has 2 amide bonds. The van der Waals surface area contributed by atoms with E-state index in [9.17, 15) is 24.3 Å². The predicted octanol–water partition coefficient (Wildman–Crippen LogP) is 5.45. The molecule has 1 N–H and O–H groups in total. The van der Waals surface area contributed by atoms with Crippen molar-refractivity contribution in [2.45, 2.75) is 25.7 Å². The fourth-order valence-electron chi connectivity index (χ4n) is 6.52. The highest BCUT2D eigenvalue weighted by Gasteiger charge is 2.56. The third-order valence-electron chi connectivity index (χ3n) is 8.25. The lowest BCUT2D eigenvalue weighted by Crippen LogP contribution is -2.39. The molecule has 0 saturated carbocycles. The number of ether oxygens (including phenoxy) is 1. The number of allylic oxidation sites excluding steroid dienone is 6. The van der Waals surface area contributed by atoms with Crippen LogP contribution in [0.1, 0.15) is 31.2 Å². The first kappa shape index (κ1) is 25.8. The van der Waals surface area contributed by atoms with E-state index in [0.717, 1.165) is 5.57 Å². The van der Waals surface area contributed by atoms with Gasteiger partial charge in [-0.1, -0.05) is 23.3 Å². The highest BCUT2D eigenvalue weighted by molar-refractivity contribution is 9.10. The second-order valence-electron chi connectivity index (χ2n) is 10.3. The molecule has 3 aliphatic carbocycles. The summed E-state index contributed by atoms with van der Waals surface area (Å²) in [4.78, 5) is 55.5. The van der Waals surface area contributed by atoms with E-state index in [1.165, 1.54) is 18.1 Å². The van der Waals surface area contributed by atoms with Gasteiger partial charge < -0.3 is 9.84 Å². The average molecular weight is 609 g/mol. The minimum Gasteiger partial charge on any atom is -0.503 e. The lowest BCUT2D eigenvalue weighted by atomic mass is 9.59. The van der Waals surface area contributed by atoms with Gasteiger partial charge in [-0.05, 0) is 89.7 Å². The minimum absolute atomic E-state index is 0.0857. The monoisotopic (exact) mass is 607 g/mol. The normalized spacial score (nSPS) is 26.2. The van der Waals surface area contributed by atoms with Crippen molar-refractivity contribution in [2.75, 3.05) is 12.0 Å². The Balaban J connectivity index is 1.51. The zero-order chi connectivity index (χ0) is 27.7. The molecular formula is C30H23BrClNO6. The number of hydrogen-bond donors (Lipinski definition) is 1. The third kappa shape index (κ3) is 3.84. The molecule has 4 aliphatic rings. The van der Waals surface area contributed by atoms with Gasteiger partial charge in [0, 0.05) is 27.7 Å². The van der Waals surface area contributed by atoms with Gasteiger partial charge in [0.1, 0.15) is 0 Å². The maximum absolute atomic E-state index is 13.9. The number of ketones is 2. The molecule has 6 rings (SSSR count). The first-order valence-corrected chi connectivity index (χ1v) is 13.7. The number of imide groups is 1. The first-order chi connectivity index (χ1) is 18.6. The van der Waals surface area contributed by atoms with Crippen LogP contribution in [-0.2, 0) is 19.2 Å². The Morgan fingerprint density at radius 3 is 2.46 bits per heavy atom. The van der Waals surface area contributed by atoms with Gasteiger partial charge in [-0.2, -0.15) is 0 Å². The molecule has 1 aliphatic heterocycles. The first-order valence-electron chi connectivity index (χ1n) is 12.5. The number of benzene rings is 2. The molecule has 0 aromatic heterocycles. The molecule has 0 radical (unpaired) electrons. The van der Waals surface area contributed by atoms with Crippen molar-refractivity contribution in [3.63, 3.8) is 0 Å². The number of anilines is 1. The number of phenolic OH excluding ortho intramolecular Hbond substituents is 1. The van der Waals surface area contributed by atoms with E-state index in [0.29, 0.717) is 43.9 Å². The number of Topliss-reactive ketones (excluding diaryl/α,β-unsaturated/α-hetero) is 1. The second-order valence-corrected chi connectivity index (χ2v) is 11.6. The Morgan fingerprint density at radius 2 is 1.77 bits per heavy atom. The van der Waals surface area contributed by atoms with Crippen molar-refractivity contribution in [2.24, 2.45) is 17.8 Å². The van der Waals surface area contributed by atoms with Gasteiger partial charge in [0.2, 0.25) is 11.8 Å². The second kappa shape index (κ2) is 9.31. The number of rotatable bonds is 3. The number of nitrogens with zero attached hydrogens (tertiary/aromatic N) is 1. The van der Waals surface area contributed by atoms with Gasteiger partial charge >= 0.3 is 0 Å². The zero-order valence-electron chi connectivity index (χ0n) is 21.0. The predicted molar refractivity (Wildman–Crippen MR) is 148 cm³/mol. The summed E-state index contributed by atoms with van der Waals surface area (Å²) < 4.78 is 5.75. The third-order valence-corrected chi connectivity index (χ3v) is 9.11. The summed E-state index contributed by atoms with van der Waals surface area (Å²) in [5, 5.41) is 10.9. The number of fused-ring (bicyclic) bond motifs is 3. The van der Waals surface area contributed by atoms with Crippen molar-refractivity contribution < 1.29 is 29.0 Å². The standard InChI is InChI=1S/C30H23BrClNO6/c1-13-9-22(34)26-20(27(13)35)12-19-17(24(26)14-10-21(31)28(36)23(11-14)39-2)7-8-18-25(19)30(38)33(29(18)37)16-5-3-15(32)4-6-16/h3-7,9-11,18-19,24-25,36H,8,12H2,1-2H3. The van der Waals surface area contributed by atoms with Crippen LogP contribution in [0.25, 0.3) is 0 Å². The largest absolute Gasteiger partial charge is 0.503 e. The van der Waals surface area contributed by atoms with Gasteiger partial charge in [-0.15, -0.1) is 0 Å². The molecule has 0 spiro atoms. The van der Waals surface area contributed by atoms with E-state index in [4.69, 9.17) is 16.3 Å². The number of methoxy groups -OCH3 is 1. The van der Waals surface area contributed by atoms with Crippen LogP contribution in [0.4, 0.5) is 5.69 Å². The van der Waals surface area contributed by atoms with E-state index >= 15 is 0 Å². The smallest absolute Gasteiger partial charge is 0.238 e. The summed E-state index contributed by atoms with van der Waals surface area (Å²) in [6.45, 7) is 1.61. The zero-order valence-corrected chi connectivity index (χ0v) is 23.4. The van der Waals surface area contributed by atoms with E-state index < -0.39 is 23.7 Å². The van der Waals surface area contributed by atoms with Crippen LogP contribution >= 0.6 is 27.5 Å². The number of amides is 2. The fourth-order valence-corrected chi connectivity index (χ4v) is 7.11. The molecule has 39 heavy (non-hydrogen) atoms. The van der Waals surface area contributed by atoms with Gasteiger partial charge in [0.05, 0.1) is 29.1 Å². The van der Waals surface area contributed by atoms with Gasteiger partial charge in [0.15, 0.2) is 23.1 Å². The summed E-state index contributed by atoms with van der Waals surface area (Å²) in [7, 11) is 1.43. The van der Waals surface area contributed by atoms with Crippen LogP contribution in [0.5, 0.6) is 11.5 Å². The molecule has 7 nitrogen and oxygen atoms in total. The Kier molecular flexibility index (Phi) is 6.15. The summed E-state index contributed by atoms with van der Waals surface area (Å²) in [5.74, 6) is -3.32. The van der Waals surface area contributed by atoms with Crippen molar-refractivity contribution in [3.8, 4) is 11.5 Å². The van der Waals surface area contributed by atoms with E-state index in [1.807, 2.05) is 6.08 Å². The van der Waals surface area contributed by atoms with Crippen LogP contribution in [0.2, 0.25) is 5.02 Å². The van der Waals surface area contributed by atoms with Gasteiger partial charge in [-0.25, -0.2) is 0 Å². The van der Waals surface area contributed by atoms with E-state index in [2.05, 4.69) is 15.9 Å². The Hall–Kier alpha value is -3.49. The molecule has 0 bridgehead atoms. The highest BCUT2D eigenvalue weighted by atomic mass is 79.9. The Bertz CT molecular complexity index is 1590. The number of halogens is 2. The Labute approximate surface area is 237 Å². The van der Waals surface area contributed by atoms with Crippen LogP contribution < -0.4 is 9.64 Å². The Morgan fingerprint density at radius 1 is 1.05 bits per heavy atom. The maximum Gasteiger partial charge on any atom is 0.238 e. The van der Waals surface area contributed by atoms with Crippen molar-refractivity contribution >= 4 is 56.6 Å². The number of hydrogen-bond acceptors (Lipinski definition) is 6. The summed E-state index contributed by atoms with van der Waals surface area (Å²) >= 11 is 9.40. The maximum atomic E-state index is 13.9. The molecule has 9 heteroatoms. The molecule has 4 unspecified atom stereocenters. The molecule has 198 valence electrons. The van der Waals surface area contributed by atoms with Crippen LogP contribution in [0.15, 0.2) is 75.3 Å². The molecule has 1 heterocycles. The lowest BCUT2D eigenvalue weighted by molar-refractivity contribution is -0.123. The van der Waals surface area contributed by atoms with Crippen LogP contribution in [-0.4, -0.2) is 35.6 Å². The van der Waals surface area contributed by atoms with Crippen LogP contribution in [0.3, 0.4) is 0 Å². The quantitative estimate of drug-likeness (QED) is 0.283. The SMILES string of the molecule is COc1cc(C2C3=CCC4C(=O)N(c5ccc(Cl)cc5)C(=O)C4C3CC3=C2C(=O)C=C(C)C3=O)cc(Br)c1O. The summed E-state index contributed by atoms with van der Waals surface area (Å²) in [6, 6.07) is 9.91. The number of carbonyl (C=O) groups excluding carboxylic acids is 4. The van der Waals surface area contributed by atoms with Crippen molar-refractivity contribution in [1.29, 1.82) is 0 Å². The van der Waals surface area contributed by atoms with Gasteiger partial charge in [0.25, 0.3) is 0 Å².